The number of sulfonamides is 1. The van der Waals surface area contributed by atoms with Crippen LogP contribution in [-0.4, -0.2) is 36.9 Å². The Labute approximate surface area is 125 Å². The van der Waals surface area contributed by atoms with E-state index < -0.39 is 16.0 Å². The Morgan fingerprint density at radius 3 is 2.33 bits per heavy atom. The van der Waals surface area contributed by atoms with Crippen molar-refractivity contribution in [3.05, 3.63) is 29.3 Å². The summed E-state index contributed by atoms with van der Waals surface area (Å²) in [5.41, 5.74) is 0.572. The Hall–Kier alpha value is -1.40. The van der Waals surface area contributed by atoms with Crippen LogP contribution in [0.3, 0.4) is 0 Å². The molecule has 6 heteroatoms. The van der Waals surface area contributed by atoms with Crippen molar-refractivity contribution in [1.29, 1.82) is 0 Å². The molecule has 1 fully saturated rings. The SMILES string of the molecule is Cc1ccc(C(=O)O)cc1S(=O)(=O)N1CC(C)CC(C)C1. The van der Waals surface area contributed by atoms with Gasteiger partial charge >= 0.3 is 5.97 Å². The average Bonchev–Trinajstić information content (AvgIpc) is 2.37. The summed E-state index contributed by atoms with van der Waals surface area (Å²) in [6.45, 7) is 6.75. The van der Waals surface area contributed by atoms with Gasteiger partial charge in [0.25, 0.3) is 0 Å². The molecule has 0 amide bonds. The van der Waals surface area contributed by atoms with Crippen molar-refractivity contribution in [3.63, 3.8) is 0 Å². The fourth-order valence-electron chi connectivity index (χ4n) is 2.95. The van der Waals surface area contributed by atoms with Crippen molar-refractivity contribution in [3.8, 4) is 0 Å². The quantitative estimate of drug-likeness (QED) is 0.930. The topological polar surface area (TPSA) is 74.7 Å². The number of nitrogens with zero attached hydrogens (tertiary/aromatic N) is 1. The molecule has 1 heterocycles. The number of carboxylic acids is 1. The molecule has 1 aliphatic heterocycles. The first-order valence-corrected chi connectivity index (χ1v) is 8.50. The first-order chi connectivity index (χ1) is 9.71. The highest BCUT2D eigenvalue weighted by Crippen LogP contribution is 2.28. The van der Waals surface area contributed by atoms with Crippen LogP contribution in [0.1, 0.15) is 36.2 Å². The van der Waals surface area contributed by atoms with Crippen LogP contribution in [0.5, 0.6) is 0 Å². The second-order valence-electron chi connectivity index (χ2n) is 6.05. The maximum Gasteiger partial charge on any atom is 0.335 e. The van der Waals surface area contributed by atoms with Gasteiger partial charge in [0, 0.05) is 13.1 Å². The maximum absolute atomic E-state index is 12.8. The second-order valence-corrected chi connectivity index (χ2v) is 7.96. The summed E-state index contributed by atoms with van der Waals surface area (Å²) in [4.78, 5) is 11.2. The Morgan fingerprint density at radius 1 is 1.24 bits per heavy atom. The Morgan fingerprint density at radius 2 is 1.81 bits per heavy atom. The first-order valence-electron chi connectivity index (χ1n) is 7.06. The molecule has 21 heavy (non-hydrogen) atoms. The molecule has 2 atom stereocenters. The number of carboxylic acid groups (broad SMARTS) is 1. The van der Waals surface area contributed by atoms with E-state index in [9.17, 15) is 13.2 Å². The lowest BCUT2D eigenvalue weighted by atomic mass is 9.94. The molecule has 1 aliphatic rings. The van der Waals surface area contributed by atoms with Crippen LogP contribution in [-0.2, 0) is 10.0 Å². The zero-order chi connectivity index (χ0) is 15.8. The lowest BCUT2D eigenvalue weighted by molar-refractivity contribution is 0.0696. The van der Waals surface area contributed by atoms with Gasteiger partial charge in [-0.05, 0) is 42.9 Å². The molecular weight excluding hydrogens is 290 g/mol. The third-order valence-corrected chi connectivity index (χ3v) is 5.86. The minimum atomic E-state index is -3.64. The van der Waals surface area contributed by atoms with E-state index in [0.717, 1.165) is 6.42 Å². The van der Waals surface area contributed by atoms with E-state index >= 15 is 0 Å². The van der Waals surface area contributed by atoms with Gasteiger partial charge in [0.1, 0.15) is 0 Å². The molecule has 0 bridgehead atoms. The van der Waals surface area contributed by atoms with Gasteiger partial charge in [-0.1, -0.05) is 19.9 Å². The number of hydrogen-bond acceptors (Lipinski definition) is 3. The number of aryl methyl sites for hydroxylation is 1. The summed E-state index contributed by atoms with van der Waals surface area (Å²) < 4.78 is 27.1. The summed E-state index contributed by atoms with van der Waals surface area (Å²) in [5.74, 6) is -0.496. The van der Waals surface area contributed by atoms with Crippen molar-refractivity contribution in [2.45, 2.75) is 32.1 Å². The Bertz CT molecular complexity index is 644. The minimum Gasteiger partial charge on any atom is -0.478 e. The molecule has 0 saturated carbocycles. The second kappa shape index (κ2) is 5.77. The van der Waals surface area contributed by atoms with Crippen LogP contribution in [0.15, 0.2) is 23.1 Å². The summed E-state index contributed by atoms with van der Waals surface area (Å²) in [7, 11) is -3.64. The maximum atomic E-state index is 12.8. The summed E-state index contributed by atoms with van der Waals surface area (Å²) in [6, 6.07) is 4.24. The lowest BCUT2D eigenvalue weighted by Crippen LogP contribution is -2.42. The number of hydrogen-bond donors (Lipinski definition) is 1. The fourth-order valence-corrected chi connectivity index (χ4v) is 4.88. The molecule has 1 aromatic carbocycles. The van der Waals surface area contributed by atoms with Crippen molar-refractivity contribution in [1.82, 2.24) is 4.31 Å². The lowest BCUT2D eigenvalue weighted by Gasteiger charge is -2.34. The van der Waals surface area contributed by atoms with Gasteiger partial charge in [0.15, 0.2) is 0 Å². The van der Waals surface area contributed by atoms with Crippen LogP contribution >= 0.6 is 0 Å². The summed E-state index contributed by atoms with van der Waals surface area (Å²) in [6.07, 6.45) is 1.01. The van der Waals surface area contributed by atoms with Gasteiger partial charge in [0.2, 0.25) is 10.0 Å². The number of piperidine rings is 1. The van der Waals surface area contributed by atoms with E-state index in [1.165, 1.54) is 16.4 Å². The van der Waals surface area contributed by atoms with Gasteiger partial charge in [-0.2, -0.15) is 4.31 Å². The normalized spacial score (nSPS) is 24.0. The highest BCUT2D eigenvalue weighted by Gasteiger charge is 2.32. The molecule has 2 rings (SSSR count). The predicted molar refractivity (Wildman–Crippen MR) is 79.8 cm³/mol. The number of aromatic carboxylic acids is 1. The molecule has 2 unspecified atom stereocenters. The highest BCUT2D eigenvalue weighted by atomic mass is 32.2. The van der Waals surface area contributed by atoms with E-state index in [-0.39, 0.29) is 10.5 Å². The number of carbonyl (C=O) groups is 1. The number of rotatable bonds is 3. The van der Waals surface area contributed by atoms with Crippen molar-refractivity contribution in [2.24, 2.45) is 11.8 Å². The van der Waals surface area contributed by atoms with Crippen LogP contribution in [0.25, 0.3) is 0 Å². The van der Waals surface area contributed by atoms with E-state index in [2.05, 4.69) is 0 Å². The molecule has 0 spiro atoms. The fraction of sp³-hybridized carbons (Fsp3) is 0.533. The molecule has 1 N–H and O–H groups in total. The molecule has 0 aromatic heterocycles. The van der Waals surface area contributed by atoms with Crippen LogP contribution in [0.4, 0.5) is 0 Å². The minimum absolute atomic E-state index is 0.00252. The third kappa shape index (κ3) is 3.27. The van der Waals surface area contributed by atoms with Gasteiger partial charge in [-0.3, -0.25) is 0 Å². The molecule has 1 aromatic rings. The van der Waals surface area contributed by atoms with E-state index in [4.69, 9.17) is 5.11 Å². The smallest absolute Gasteiger partial charge is 0.335 e. The van der Waals surface area contributed by atoms with Gasteiger partial charge in [-0.25, -0.2) is 13.2 Å². The third-order valence-electron chi connectivity index (χ3n) is 3.89. The average molecular weight is 311 g/mol. The summed E-state index contributed by atoms with van der Waals surface area (Å²) in [5, 5.41) is 9.05. The molecule has 1 saturated heterocycles. The monoisotopic (exact) mass is 311 g/mol. The van der Waals surface area contributed by atoms with Crippen LogP contribution in [0.2, 0.25) is 0 Å². The zero-order valence-corrected chi connectivity index (χ0v) is 13.4. The largest absolute Gasteiger partial charge is 0.478 e. The van der Waals surface area contributed by atoms with Gasteiger partial charge in [0.05, 0.1) is 10.5 Å². The van der Waals surface area contributed by atoms with Gasteiger partial charge < -0.3 is 5.11 Å². The van der Waals surface area contributed by atoms with Crippen molar-refractivity contribution in [2.75, 3.05) is 13.1 Å². The Balaban J connectivity index is 2.44. The molecule has 5 nitrogen and oxygen atoms in total. The highest BCUT2D eigenvalue weighted by molar-refractivity contribution is 7.89. The zero-order valence-electron chi connectivity index (χ0n) is 12.5. The standard InChI is InChI=1S/C15H21NO4S/c1-10-6-11(2)9-16(8-10)21(19,20)14-7-13(15(17)18)5-4-12(14)3/h4-5,7,10-11H,6,8-9H2,1-3H3,(H,17,18). The van der Waals surface area contributed by atoms with Crippen molar-refractivity contribution < 1.29 is 18.3 Å². The van der Waals surface area contributed by atoms with Gasteiger partial charge in [-0.15, -0.1) is 0 Å². The molecule has 0 aliphatic carbocycles. The van der Waals surface area contributed by atoms with Crippen molar-refractivity contribution >= 4 is 16.0 Å². The van der Waals surface area contributed by atoms with Crippen LogP contribution < -0.4 is 0 Å². The Kier molecular flexibility index (Phi) is 4.39. The number of benzene rings is 1. The van der Waals surface area contributed by atoms with E-state index in [1.807, 2.05) is 13.8 Å². The summed E-state index contributed by atoms with van der Waals surface area (Å²) >= 11 is 0. The first kappa shape index (κ1) is 16.0. The van der Waals surface area contributed by atoms with E-state index in [0.29, 0.717) is 30.5 Å². The molecular formula is C15H21NO4S. The predicted octanol–water partition coefficient (Wildman–Crippen LogP) is 2.36. The van der Waals surface area contributed by atoms with Crippen LogP contribution in [0, 0.1) is 18.8 Å². The molecule has 116 valence electrons. The molecule has 0 radical (unpaired) electrons. The van der Waals surface area contributed by atoms with E-state index in [1.54, 1.807) is 13.0 Å².